The molecule has 0 saturated carbocycles. The molecule has 2 aromatic carbocycles. The minimum atomic E-state index is -3.66. The number of hydrogen-bond donors (Lipinski definition) is 2. The second-order valence-electron chi connectivity index (χ2n) is 7.89. The average molecular weight is 460 g/mol. The molecule has 2 aromatic rings. The van der Waals surface area contributed by atoms with Gasteiger partial charge in [-0.2, -0.15) is 4.31 Å². The molecule has 0 aromatic heterocycles. The first-order chi connectivity index (χ1) is 15.2. The largest absolute Gasteiger partial charge is 0.481 e. The van der Waals surface area contributed by atoms with E-state index in [1.54, 1.807) is 13.0 Å². The Morgan fingerprint density at radius 3 is 2.41 bits per heavy atom. The standard InChI is InChI=1S/C23H29N3O5S/c1-16-9-7-12-21(17(16)2)31-18(3)22(27)24-25-23(28)19-10-8-11-20(15-19)32(29,30)26-13-5-4-6-14-26/h7-12,15,18H,4-6,13-14H2,1-3H3,(H,24,27)(H,25,28). The van der Waals surface area contributed by atoms with Crippen LogP contribution in [0.4, 0.5) is 0 Å². The van der Waals surface area contributed by atoms with E-state index in [2.05, 4.69) is 10.9 Å². The third-order valence-electron chi connectivity index (χ3n) is 5.58. The molecule has 1 aliphatic heterocycles. The minimum absolute atomic E-state index is 0.0602. The third kappa shape index (κ3) is 5.46. The first kappa shape index (κ1) is 23.7. The van der Waals surface area contributed by atoms with Crippen molar-refractivity contribution in [1.29, 1.82) is 0 Å². The van der Waals surface area contributed by atoms with Crippen LogP contribution in [0.3, 0.4) is 0 Å². The summed E-state index contributed by atoms with van der Waals surface area (Å²) in [4.78, 5) is 24.9. The van der Waals surface area contributed by atoms with Crippen LogP contribution in [0.15, 0.2) is 47.4 Å². The third-order valence-corrected chi connectivity index (χ3v) is 7.47. The van der Waals surface area contributed by atoms with Crippen molar-refractivity contribution in [1.82, 2.24) is 15.2 Å². The molecule has 0 bridgehead atoms. The molecule has 0 aliphatic carbocycles. The number of benzene rings is 2. The topological polar surface area (TPSA) is 105 Å². The van der Waals surface area contributed by atoms with E-state index in [9.17, 15) is 18.0 Å². The quantitative estimate of drug-likeness (QED) is 0.647. The summed E-state index contributed by atoms with van der Waals surface area (Å²) in [5.41, 5.74) is 6.76. The summed E-state index contributed by atoms with van der Waals surface area (Å²) in [7, 11) is -3.66. The number of rotatable bonds is 6. The molecular weight excluding hydrogens is 430 g/mol. The van der Waals surface area contributed by atoms with Crippen LogP contribution in [0.25, 0.3) is 0 Å². The predicted octanol–water partition coefficient (Wildman–Crippen LogP) is 2.71. The van der Waals surface area contributed by atoms with Gasteiger partial charge in [-0.25, -0.2) is 8.42 Å². The van der Waals surface area contributed by atoms with Gasteiger partial charge in [-0.3, -0.25) is 20.4 Å². The molecule has 1 saturated heterocycles. The van der Waals surface area contributed by atoms with Crippen LogP contribution in [0.5, 0.6) is 5.75 Å². The molecule has 1 aliphatic rings. The maximum atomic E-state index is 12.9. The molecular formula is C23H29N3O5S. The Labute approximate surface area is 189 Å². The lowest BCUT2D eigenvalue weighted by molar-refractivity contribution is -0.128. The van der Waals surface area contributed by atoms with Gasteiger partial charge in [0.05, 0.1) is 4.90 Å². The van der Waals surface area contributed by atoms with Crippen molar-refractivity contribution < 1.29 is 22.7 Å². The van der Waals surface area contributed by atoms with Gasteiger partial charge in [0.2, 0.25) is 10.0 Å². The summed E-state index contributed by atoms with van der Waals surface area (Å²) in [5.74, 6) is -0.557. The van der Waals surface area contributed by atoms with E-state index in [1.807, 2.05) is 26.0 Å². The van der Waals surface area contributed by atoms with Crippen molar-refractivity contribution in [3.05, 3.63) is 59.2 Å². The number of nitrogens with zero attached hydrogens (tertiary/aromatic N) is 1. The highest BCUT2D eigenvalue weighted by atomic mass is 32.2. The van der Waals surface area contributed by atoms with Gasteiger partial charge in [0.15, 0.2) is 6.10 Å². The normalized spacial score (nSPS) is 15.6. The van der Waals surface area contributed by atoms with Crippen molar-refractivity contribution in [3.63, 3.8) is 0 Å². The monoisotopic (exact) mass is 459 g/mol. The molecule has 0 spiro atoms. The molecule has 1 atom stereocenters. The highest BCUT2D eigenvalue weighted by Crippen LogP contribution is 2.22. The lowest BCUT2D eigenvalue weighted by Gasteiger charge is -2.26. The van der Waals surface area contributed by atoms with Crippen molar-refractivity contribution in [2.75, 3.05) is 13.1 Å². The van der Waals surface area contributed by atoms with E-state index >= 15 is 0 Å². The molecule has 32 heavy (non-hydrogen) atoms. The highest BCUT2D eigenvalue weighted by molar-refractivity contribution is 7.89. The van der Waals surface area contributed by atoms with Gasteiger partial charge in [0, 0.05) is 18.7 Å². The Morgan fingerprint density at radius 2 is 1.69 bits per heavy atom. The maximum Gasteiger partial charge on any atom is 0.279 e. The molecule has 9 heteroatoms. The summed E-state index contributed by atoms with van der Waals surface area (Å²) in [6.45, 7) is 6.39. The highest BCUT2D eigenvalue weighted by Gasteiger charge is 2.26. The van der Waals surface area contributed by atoms with Crippen molar-refractivity contribution in [2.24, 2.45) is 0 Å². The first-order valence-electron chi connectivity index (χ1n) is 10.6. The Morgan fingerprint density at radius 1 is 1.00 bits per heavy atom. The van der Waals surface area contributed by atoms with Crippen molar-refractivity contribution in [2.45, 2.75) is 51.0 Å². The Bertz CT molecular complexity index is 1090. The number of amides is 2. The number of piperidine rings is 1. The van der Waals surface area contributed by atoms with E-state index in [0.29, 0.717) is 18.8 Å². The van der Waals surface area contributed by atoms with Crippen LogP contribution in [-0.4, -0.2) is 43.7 Å². The zero-order chi connectivity index (χ0) is 23.3. The van der Waals surface area contributed by atoms with E-state index < -0.39 is 27.9 Å². The number of aryl methyl sites for hydroxylation is 1. The molecule has 1 heterocycles. The molecule has 1 unspecified atom stereocenters. The van der Waals surface area contributed by atoms with Crippen LogP contribution >= 0.6 is 0 Å². The first-order valence-corrected chi connectivity index (χ1v) is 12.1. The van der Waals surface area contributed by atoms with Crippen molar-refractivity contribution in [3.8, 4) is 5.75 Å². The molecule has 172 valence electrons. The van der Waals surface area contributed by atoms with E-state index in [-0.39, 0.29) is 10.5 Å². The molecule has 1 fully saturated rings. The van der Waals surface area contributed by atoms with Gasteiger partial charge in [-0.1, -0.05) is 24.6 Å². The number of carbonyl (C=O) groups excluding carboxylic acids is 2. The van der Waals surface area contributed by atoms with Gasteiger partial charge in [-0.15, -0.1) is 0 Å². The Kier molecular flexibility index (Phi) is 7.52. The van der Waals surface area contributed by atoms with E-state index in [4.69, 9.17) is 4.74 Å². The zero-order valence-corrected chi connectivity index (χ0v) is 19.4. The molecule has 3 rings (SSSR count). The maximum absolute atomic E-state index is 12.9. The smallest absolute Gasteiger partial charge is 0.279 e. The minimum Gasteiger partial charge on any atom is -0.481 e. The van der Waals surface area contributed by atoms with Gasteiger partial charge >= 0.3 is 0 Å². The van der Waals surface area contributed by atoms with Crippen LogP contribution < -0.4 is 15.6 Å². The fraction of sp³-hybridized carbons (Fsp3) is 0.391. The van der Waals surface area contributed by atoms with Gasteiger partial charge < -0.3 is 4.74 Å². The lowest BCUT2D eigenvalue weighted by atomic mass is 10.1. The summed E-state index contributed by atoms with van der Waals surface area (Å²) >= 11 is 0. The van der Waals surface area contributed by atoms with Gasteiger partial charge in [-0.05, 0) is 69.0 Å². The van der Waals surface area contributed by atoms with Crippen LogP contribution in [0.1, 0.15) is 47.7 Å². The van der Waals surface area contributed by atoms with Crippen molar-refractivity contribution >= 4 is 21.8 Å². The average Bonchev–Trinajstić information content (AvgIpc) is 2.80. The number of nitrogens with one attached hydrogen (secondary N) is 2. The van der Waals surface area contributed by atoms with Crippen LogP contribution in [0.2, 0.25) is 0 Å². The van der Waals surface area contributed by atoms with Crippen LogP contribution in [-0.2, 0) is 14.8 Å². The SMILES string of the molecule is Cc1cccc(OC(C)C(=O)NNC(=O)c2cccc(S(=O)(=O)N3CCCCC3)c2)c1C. The molecule has 2 N–H and O–H groups in total. The summed E-state index contributed by atoms with van der Waals surface area (Å²) in [6, 6.07) is 11.4. The number of sulfonamides is 1. The van der Waals surface area contributed by atoms with E-state index in [1.165, 1.54) is 28.6 Å². The Balaban J connectivity index is 1.61. The second-order valence-corrected chi connectivity index (χ2v) is 9.83. The van der Waals surface area contributed by atoms with E-state index in [0.717, 1.165) is 30.4 Å². The fourth-order valence-electron chi connectivity index (χ4n) is 3.44. The number of carbonyl (C=O) groups is 2. The summed E-state index contributed by atoms with van der Waals surface area (Å²) < 4.78 is 32.9. The zero-order valence-electron chi connectivity index (χ0n) is 18.6. The predicted molar refractivity (Wildman–Crippen MR) is 121 cm³/mol. The fourth-order valence-corrected chi connectivity index (χ4v) is 5.00. The number of hydrogen-bond acceptors (Lipinski definition) is 5. The lowest BCUT2D eigenvalue weighted by Crippen LogP contribution is -2.47. The Hall–Kier alpha value is -2.91. The second kappa shape index (κ2) is 10.1. The summed E-state index contributed by atoms with van der Waals surface area (Å²) in [5, 5.41) is 0. The van der Waals surface area contributed by atoms with Crippen LogP contribution in [0, 0.1) is 13.8 Å². The summed E-state index contributed by atoms with van der Waals surface area (Å²) in [6.07, 6.45) is 1.82. The molecule has 0 radical (unpaired) electrons. The molecule has 8 nitrogen and oxygen atoms in total. The van der Waals surface area contributed by atoms with Gasteiger partial charge in [0.25, 0.3) is 11.8 Å². The molecule has 2 amide bonds. The number of hydrazine groups is 1. The van der Waals surface area contributed by atoms with Gasteiger partial charge in [0.1, 0.15) is 5.75 Å². The number of ether oxygens (including phenoxy) is 1.